The molecule has 1 rings (SSSR count). The zero-order valence-electron chi connectivity index (χ0n) is 9.71. The third-order valence-electron chi connectivity index (χ3n) is 3.29. The van der Waals surface area contributed by atoms with Gasteiger partial charge in [0.1, 0.15) is 0 Å². The van der Waals surface area contributed by atoms with E-state index in [1.54, 1.807) is 0 Å². The Kier molecular flexibility index (Phi) is 4.93. The van der Waals surface area contributed by atoms with Crippen molar-refractivity contribution in [2.45, 2.75) is 38.4 Å². The minimum Gasteiger partial charge on any atom is -0.354 e. The Hall–Kier alpha value is -0.220. The first-order valence-electron chi connectivity index (χ1n) is 5.72. The lowest BCUT2D eigenvalue weighted by molar-refractivity contribution is -0.129. The largest absolute Gasteiger partial charge is 0.354 e. The maximum absolute atomic E-state index is 11.9. The molecule has 88 valence electrons. The maximum atomic E-state index is 11.9. The second-order valence-corrected chi connectivity index (χ2v) is 5.87. The van der Waals surface area contributed by atoms with E-state index in [1.165, 1.54) is 18.6 Å². The van der Waals surface area contributed by atoms with Crippen LogP contribution in [0.4, 0.5) is 0 Å². The fourth-order valence-corrected chi connectivity index (χ4v) is 2.82. The quantitative estimate of drug-likeness (QED) is 0.750. The molecular formula is C11H22N2OS. The van der Waals surface area contributed by atoms with Gasteiger partial charge in [-0.2, -0.15) is 11.8 Å². The van der Waals surface area contributed by atoms with Crippen LogP contribution in [-0.2, 0) is 4.79 Å². The highest BCUT2D eigenvalue weighted by atomic mass is 32.2. The van der Waals surface area contributed by atoms with Gasteiger partial charge in [0.25, 0.3) is 0 Å². The lowest BCUT2D eigenvalue weighted by Crippen LogP contribution is -2.45. The average molecular weight is 230 g/mol. The first-order chi connectivity index (χ1) is 7.12. The molecule has 1 saturated heterocycles. The second kappa shape index (κ2) is 5.75. The Balaban J connectivity index is 2.33. The van der Waals surface area contributed by atoms with Crippen molar-refractivity contribution in [2.24, 2.45) is 11.1 Å². The fraction of sp³-hybridized carbons (Fsp3) is 0.909. The summed E-state index contributed by atoms with van der Waals surface area (Å²) in [6.45, 7) is 5.17. The number of hydrogen-bond acceptors (Lipinski definition) is 3. The van der Waals surface area contributed by atoms with E-state index in [0.29, 0.717) is 11.8 Å². The highest BCUT2D eigenvalue weighted by Gasteiger charge is 2.30. The van der Waals surface area contributed by atoms with Crippen LogP contribution in [0.5, 0.6) is 0 Å². The molecule has 1 aliphatic heterocycles. The van der Waals surface area contributed by atoms with Gasteiger partial charge in [0.05, 0.1) is 5.41 Å². The molecule has 1 heterocycles. The lowest BCUT2D eigenvalue weighted by Gasteiger charge is -2.25. The summed E-state index contributed by atoms with van der Waals surface area (Å²) in [5.41, 5.74) is 5.25. The minimum atomic E-state index is -0.386. The van der Waals surface area contributed by atoms with Gasteiger partial charge in [0.2, 0.25) is 5.91 Å². The van der Waals surface area contributed by atoms with Gasteiger partial charge in [-0.05, 0) is 31.9 Å². The monoisotopic (exact) mass is 230 g/mol. The molecule has 0 aromatic heterocycles. The molecule has 4 heteroatoms. The van der Waals surface area contributed by atoms with Gasteiger partial charge < -0.3 is 11.1 Å². The van der Waals surface area contributed by atoms with Crippen LogP contribution in [0.25, 0.3) is 0 Å². The number of hydrogen-bond donors (Lipinski definition) is 2. The van der Waals surface area contributed by atoms with Crippen LogP contribution in [0.2, 0.25) is 0 Å². The molecule has 3 nitrogen and oxygen atoms in total. The Morgan fingerprint density at radius 2 is 2.40 bits per heavy atom. The molecule has 0 aromatic rings. The van der Waals surface area contributed by atoms with Crippen molar-refractivity contribution >= 4 is 17.7 Å². The number of thioether (sulfide) groups is 1. The molecule has 15 heavy (non-hydrogen) atoms. The van der Waals surface area contributed by atoms with Gasteiger partial charge in [0, 0.05) is 18.3 Å². The molecule has 0 spiro atoms. The molecule has 0 radical (unpaired) electrons. The van der Waals surface area contributed by atoms with Crippen molar-refractivity contribution in [1.29, 1.82) is 0 Å². The highest BCUT2D eigenvalue weighted by Crippen LogP contribution is 2.26. The number of carbonyl (C=O) groups excluding carboxylic acids is 1. The van der Waals surface area contributed by atoms with E-state index in [9.17, 15) is 4.79 Å². The summed E-state index contributed by atoms with van der Waals surface area (Å²) in [4.78, 5) is 11.9. The van der Waals surface area contributed by atoms with Gasteiger partial charge in [-0.3, -0.25) is 4.79 Å². The van der Waals surface area contributed by atoms with Gasteiger partial charge in [-0.1, -0.05) is 6.92 Å². The first kappa shape index (κ1) is 12.8. The van der Waals surface area contributed by atoms with E-state index in [-0.39, 0.29) is 11.3 Å². The Morgan fingerprint density at radius 3 is 2.87 bits per heavy atom. The standard InChI is InChI=1S/C11H22N2OS/c1-3-11(2,8-12)10(14)13-7-9-5-4-6-15-9/h9H,3-8,12H2,1-2H3,(H,13,14). The van der Waals surface area contributed by atoms with Gasteiger partial charge in [-0.25, -0.2) is 0 Å². The number of nitrogens with two attached hydrogens (primary N) is 1. The smallest absolute Gasteiger partial charge is 0.227 e. The summed E-state index contributed by atoms with van der Waals surface area (Å²) in [5, 5.41) is 3.65. The molecule has 1 aliphatic rings. The molecule has 1 amide bonds. The second-order valence-electron chi connectivity index (χ2n) is 4.46. The molecule has 2 unspecified atom stereocenters. The van der Waals surface area contributed by atoms with E-state index in [0.717, 1.165) is 13.0 Å². The van der Waals surface area contributed by atoms with Crippen molar-refractivity contribution in [3.8, 4) is 0 Å². The summed E-state index contributed by atoms with van der Waals surface area (Å²) in [7, 11) is 0. The highest BCUT2D eigenvalue weighted by molar-refractivity contribution is 8.00. The van der Waals surface area contributed by atoms with Crippen molar-refractivity contribution in [3.63, 3.8) is 0 Å². The van der Waals surface area contributed by atoms with E-state index in [4.69, 9.17) is 5.73 Å². The fourth-order valence-electron chi connectivity index (χ4n) is 1.62. The van der Waals surface area contributed by atoms with Crippen molar-refractivity contribution in [1.82, 2.24) is 5.32 Å². The van der Waals surface area contributed by atoms with Gasteiger partial charge in [-0.15, -0.1) is 0 Å². The topological polar surface area (TPSA) is 55.1 Å². The van der Waals surface area contributed by atoms with E-state index < -0.39 is 0 Å². The number of nitrogens with one attached hydrogen (secondary N) is 1. The third-order valence-corrected chi connectivity index (χ3v) is 4.69. The van der Waals surface area contributed by atoms with Crippen molar-refractivity contribution in [2.75, 3.05) is 18.8 Å². The van der Waals surface area contributed by atoms with Crippen molar-refractivity contribution < 1.29 is 4.79 Å². The molecule has 2 atom stereocenters. The predicted octanol–water partition coefficient (Wildman–Crippen LogP) is 1.37. The average Bonchev–Trinajstić information content (AvgIpc) is 2.77. The minimum absolute atomic E-state index is 0.111. The molecule has 0 bridgehead atoms. The van der Waals surface area contributed by atoms with Crippen LogP contribution in [0.3, 0.4) is 0 Å². The first-order valence-corrected chi connectivity index (χ1v) is 6.77. The summed E-state index contributed by atoms with van der Waals surface area (Å²) in [6, 6.07) is 0. The maximum Gasteiger partial charge on any atom is 0.227 e. The van der Waals surface area contributed by atoms with Crippen LogP contribution < -0.4 is 11.1 Å². The number of amides is 1. The van der Waals surface area contributed by atoms with Crippen LogP contribution in [0.1, 0.15) is 33.1 Å². The van der Waals surface area contributed by atoms with Crippen LogP contribution in [-0.4, -0.2) is 30.0 Å². The Morgan fingerprint density at radius 1 is 1.67 bits per heavy atom. The normalized spacial score (nSPS) is 24.9. The Bertz CT molecular complexity index is 211. The molecule has 0 aliphatic carbocycles. The van der Waals surface area contributed by atoms with Gasteiger partial charge >= 0.3 is 0 Å². The Labute approximate surface area is 96.6 Å². The van der Waals surface area contributed by atoms with Gasteiger partial charge in [0.15, 0.2) is 0 Å². The molecular weight excluding hydrogens is 208 g/mol. The lowest BCUT2D eigenvalue weighted by atomic mass is 9.86. The molecule has 1 fully saturated rings. The number of rotatable bonds is 5. The summed E-state index contributed by atoms with van der Waals surface area (Å²) >= 11 is 1.96. The zero-order valence-corrected chi connectivity index (χ0v) is 10.5. The summed E-state index contributed by atoms with van der Waals surface area (Å²) in [5.74, 6) is 1.35. The van der Waals surface area contributed by atoms with E-state index >= 15 is 0 Å². The van der Waals surface area contributed by atoms with E-state index in [1.807, 2.05) is 25.6 Å². The third kappa shape index (κ3) is 3.38. The SMILES string of the molecule is CCC(C)(CN)C(=O)NCC1CCCS1. The molecule has 3 N–H and O–H groups in total. The van der Waals surface area contributed by atoms with Crippen molar-refractivity contribution in [3.05, 3.63) is 0 Å². The zero-order chi connectivity index (χ0) is 11.3. The van der Waals surface area contributed by atoms with Crippen LogP contribution in [0, 0.1) is 5.41 Å². The van der Waals surface area contributed by atoms with E-state index in [2.05, 4.69) is 5.32 Å². The predicted molar refractivity (Wildman–Crippen MR) is 65.9 cm³/mol. The summed E-state index contributed by atoms with van der Waals surface area (Å²) < 4.78 is 0. The van der Waals surface area contributed by atoms with Crippen LogP contribution in [0.15, 0.2) is 0 Å². The van der Waals surface area contributed by atoms with Crippen LogP contribution >= 0.6 is 11.8 Å². The molecule has 0 aromatic carbocycles. The summed E-state index contributed by atoms with van der Waals surface area (Å²) in [6.07, 6.45) is 3.32. The number of carbonyl (C=O) groups is 1. The molecule has 0 saturated carbocycles.